The maximum Gasteiger partial charge on any atom is 0.255 e. The highest BCUT2D eigenvalue weighted by molar-refractivity contribution is 7.89. The van der Waals surface area contributed by atoms with E-state index in [4.69, 9.17) is 16.3 Å². The Bertz CT molecular complexity index is 1050. The molecule has 2 aromatic carbocycles. The van der Waals surface area contributed by atoms with E-state index in [1.54, 1.807) is 6.07 Å². The molecule has 1 amide bonds. The molecule has 0 radical (unpaired) electrons. The van der Waals surface area contributed by atoms with E-state index in [9.17, 15) is 13.2 Å². The SMILES string of the molecule is CCc1ccc(Cl)c(CC)c1NC(=O)c1ccc(OC)c(S(=O)(=O)N2CCCC2)c1. The van der Waals surface area contributed by atoms with Gasteiger partial charge in [-0.25, -0.2) is 8.42 Å². The smallest absolute Gasteiger partial charge is 0.255 e. The Kier molecular flexibility index (Phi) is 7.06. The maximum absolute atomic E-state index is 13.1. The largest absolute Gasteiger partial charge is 0.495 e. The standard InChI is InChI=1S/C22H27ClN2O4S/c1-4-15-8-10-18(23)17(5-2)21(15)24-22(26)16-9-11-19(29-3)20(14-16)30(27,28)25-12-6-7-13-25/h8-11,14H,4-7,12-13H2,1-3H3,(H,24,26). The molecule has 1 aliphatic heterocycles. The highest BCUT2D eigenvalue weighted by Crippen LogP contribution is 2.32. The summed E-state index contributed by atoms with van der Waals surface area (Å²) in [5, 5.41) is 3.55. The molecule has 6 nitrogen and oxygen atoms in total. The van der Waals surface area contributed by atoms with Gasteiger partial charge in [0.05, 0.1) is 7.11 Å². The van der Waals surface area contributed by atoms with Gasteiger partial charge in [-0.15, -0.1) is 0 Å². The molecule has 1 heterocycles. The van der Waals surface area contributed by atoms with Gasteiger partial charge in [0, 0.05) is 29.4 Å². The first-order chi connectivity index (χ1) is 14.3. The zero-order valence-electron chi connectivity index (χ0n) is 17.5. The Morgan fingerprint density at radius 2 is 1.83 bits per heavy atom. The molecular weight excluding hydrogens is 424 g/mol. The Morgan fingerprint density at radius 1 is 1.13 bits per heavy atom. The van der Waals surface area contributed by atoms with E-state index in [1.165, 1.54) is 23.5 Å². The van der Waals surface area contributed by atoms with Crippen LogP contribution in [-0.4, -0.2) is 38.8 Å². The summed E-state index contributed by atoms with van der Waals surface area (Å²) in [5.74, 6) is -0.160. The summed E-state index contributed by atoms with van der Waals surface area (Å²) in [6, 6.07) is 8.22. The van der Waals surface area contributed by atoms with Gasteiger partial charge < -0.3 is 10.1 Å². The number of sulfonamides is 1. The van der Waals surface area contributed by atoms with Crippen molar-refractivity contribution in [2.45, 2.75) is 44.4 Å². The lowest BCUT2D eigenvalue weighted by atomic mass is 10.0. The van der Waals surface area contributed by atoms with E-state index in [0.717, 1.165) is 30.4 Å². The van der Waals surface area contributed by atoms with Crippen molar-refractivity contribution in [2.24, 2.45) is 0 Å². The molecule has 0 unspecified atom stereocenters. The first kappa shape index (κ1) is 22.6. The van der Waals surface area contributed by atoms with Gasteiger partial charge in [-0.3, -0.25) is 4.79 Å². The van der Waals surface area contributed by atoms with Crippen molar-refractivity contribution in [3.63, 3.8) is 0 Å². The highest BCUT2D eigenvalue weighted by atomic mass is 35.5. The second kappa shape index (κ2) is 9.37. The van der Waals surface area contributed by atoms with Crippen LogP contribution in [0.25, 0.3) is 0 Å². The van der Waals surface area contributed by atoms with E-state index in [-0.39, 0.29) is 22.1 Å². The van der Waals surface area contributed by atoms with Crippen molar-refractivity contribution < 1.29 is 17.9 Å². The number of benzene rings is 2. The fourth-order valence-corrected chi connectivity index (χ4v) is 5.73. The quantitative estimate of drug-likeness (QED) is 0.673. The summed E-state index contributed by atoms with van der Waals surface area (Å²) in [6.07, 6.45) is 3.06. The highest BCUT2D eigenvalue weighted by Gasteiger charge is 2.30. The van der Waals surface area contributed by atoms with E-state index in [2.05, 4.69) is 5.32 Å². The average molecular weight is 451 g/mol. The van der Waals surface area contributed by atoms with Crippen LogP contribution in [0.1, 0.15) is 48.2 Å². The maximum atomic E-state index is 13.1. The van der Waals surface area contributed by atoms with Crippen molar-refractivity contribution in [1.82, 2.24) is 4.31 Å². The lowest BCUT2D eigenvalue weighted by molar-refractivity contribution is 0.102. The zero-order valence-corrected chi connectivity index (χ0v) is 19.1. The van der Waals surface area contributed by atoms with Gasteiger partial charge in [-0.05, 0) is 61.1 Å². The normalized spacial score (nSPS) is 14.7. The van der Waals surface area contributed by atoms with E-state index in [0.29, 0.717) is 30.2 Å². The van der Waals surface area contributed by atoms with Crippen LogP contribution in [0.5, 0.6) is 5.75 Å². The van der Waals surface area contributed by atoms with Crippen LogP contribution in [0, 0.1) is 0 Å². The van der Waals surface area contributed by atoms with Crippen molar-refractivity contribution in [3.05, 3.63) is 52.0 Å². The van der Waals surface area contributed by atoms with E-state index < -0.39 is 10.0 Å². The number of ether oxygens (including phenoxy) is 1. The summed E-state index contributed by atoms with van der Waals surface area (Å²) in [4.78, 5) is 13.1. The van der Waals surface area contributed by atoms with Crippen LogP contribution in [0.15, 0.2) is 35.2 Å². The minimum absolute atomic E-state index is 0.0112. The molecule has 0 aliphatic carbocycles. The van der Waals surface area contributed by atoms with Gasteiger partial charge in [-0.1, -0.05) is 31.5 Å². The molecule has 8 heteroatoms. The number of carbonyl (C=O) groups is 1. The van der Waals surface area contributed by atoms with Crippen molar-refractivity contribution in [1.29, 1.82) is 0 Å². The van der Waals surface area contributed by atoms with Gasteiger partial charge in [0.15, 0.2) is 0 Å². The molecule has 0 spiro atoms. The van der Waals surface area contributed by atoms with Crippen LogP contribution < -0.4 is 10.1 Å². The van der Waals surface area contributed by atoms with Crippen LogP contribution in [0.2, 0.25) is 5.02 Å². The molecule has 1 fully saturated rings. The van der Waals surface area contributed by atoms with Crippen molar-refractivity contribution in [3.8, 4) is 5.75 Å². The number of halogens is 1. The number of anilines is 1. The molecule has 1 saturated heterocycles. The fourth-order valence-electron chi connectivity index (χ4n) is 3.74. The molecule has 1 aliphatic rings. The first-order valence-corrected chi connectivity index (χ1v) is 11.9. The van der Waals surface area contributed by atoms with Gasteiger partial charge >= 0.3 is 0 Å². The summed E-state index contributed by atoms with van der Waals surface area (Å²) in [5.41, 5.74) is 2.78. The minimum Gasteiger partial charge on any atom is -0.495 e. The number of amides is 1. The molecule has 30 heavy (non-hydrogen) atoms. The Labute approximate surface area is 183 Å². The number of hydrogen-bond donors (Lipinski definition) is 1. The third-order valence-corrected chi connectivity index (χ3v) is 7.70. The average Bonchev–Trinajstić information content (AvgIpc) is 3.29. The molecule has 3 rings (SSSR count). The number of methoxy groups -OCH3 is 1. The molecule has 0 atom stereocenters. The predicted molar refractivity (Wildman–Crippen MR) is 119 cm³/mol. The summed E-state index contributed by atoms with van der Waals surface area (Å²) < 4.78 is 32.9. The minimum atomic E-state index is -3.74. The number of aryl methyl sites for hydroxylation is 1. The lowest BCUT2D eigenvalue weighted by Gasteiger charge is -2.19. The summed E-state index contributed by atoms with van der Waals surface area (Å²) in [7, 11) is -2.31. The lowest BCUT2D eigenvalue weighted by Crippen LogP contribution is -2.28. The topological polar surface area (TPSA) is 75.7 Å². The third-order valence-electron chi connectivity index (χ3n) is 5.42. The van der Waals surface area contributed by atoms with Crippen LogP contribution >= 0.6 is 11.6 Å². The third kappa shape index (κ3) is 4.33. The number of nitrogens with zero attached hydrogens (tertiary/aromatic N) is 1. The Balaban J connectivity index is 2.00. The summed E-state index contributed by atoms with van der Waals surface area (Å²) >= 11 is 6.33. The second-order valence-corrected chi connectivity index (χ2v) is 9.51. The molecule has 0 bridgehead atoms. The first-order valence-electron chi connectivity index (χ1n) is 10.1. The number of carbonyl (C=O) groups excluding carboxylic acids is 1. The molecular formula is C22H27ClN2O4S. The Morgan fingerprint density at radius 3 is 2.43 bits per heavy atom. The fraction of sp³-hybridized carbons (Fsp3) is 0.409. The van der Waals surface area contributed by atoms with Gasteiger partial charge in [0.1, 0.15) is 10.6 Å². The second-order valence-electron chi connectivity index (χ2n) is 7.20. The number of hydrogen-bond acceptors (Lipinski definition) is 4. The van der Waals surface area contributed by atoms with Gasteiger partial charge in [0.25, 0.3) is 5.91 Å². The Hall–Kier alpha value is -2.09. The molecule has 0 aromatic heterocycles. The van der Waals surface area contributed by atoms with Gasteiger partial charge in [-0.2, -0.15) is 4.31 Å². The van der Waals surface area contributed by atoms with Crippen molar-refractivity contribution >= 4 is 33.2 Å². The van der Waals surface area contributed by atoms with Crippen molar-refractivity contribution in [2.75, 3.05) is 25.5 Å². The molecule has 0 saturated carbocycles. The number of rotatable bonds is 7. The zero-order chi connectivity index (χ0) is 21.9. The van der Waals surface area contributed by atoms with Crippen LogP contribution in [0.3, 0.4) is 0 Å². The van der Waals surface area contributed by atoms with E-state index >= 15 is 0 Å². The van der Waals surface area contributed by atoms with E-state index in [1.807, 2.05) is 26.0 Å². The molecule has 1 N–H and O–H groups in total. The predicted octanol–water partition coefficient (Wildman–Crippen LogP) is 4.51. The van der Waals surface area contributed by atoms with Crippen LogP contribution in [0.4, 0.5) is 5.69 Å². The molecule has 2 aromatic rings. The number of nitrogens with one attached hydrogen (secondary N) is 1. The monoisotopic (exact) mass is 450 g/mol. The summed E-state index contributed by atoms with van der Waals surface area (Å²) in [6.45, 7) is 4.94. The van der Waals surface area contributed by atoms with Gasteiger partial charge in [0.2, 0.25) is 10.0 Å². The van der Waals surface area contributed by atoms with Crippen LogP contribution in [-0.2, 0) is 22.9 Å². The molecule has 162 valence electrons.